The van der Waals surface area contributed by atoms with Crippen LogP contribution in [0, 0.1) is 0 Å². The van der Waals surface area contributed by atoms with Crippen LogP contribution in [0.3, 0.4) is 0 Å². The van der Waals surface area contributed by atoms with E-state index in [1.807, 2.05) is 6.07 Å². The van der Waals surface area contributed by atoms with Crippen molar-refractivity contribution < 1.29 is 9.90 Å². The van der Waals surface area contributed by atoms with Crippen molar-refractivity contribution >= 4 is 40.1 Å². The molecule has 0 atom stereocenters. The molecule has 23 heavy (non-hydrogen) atoms. The normalized spacial score (nSPS) is 10.9. The summed E-state index contributed by atoms with van der Waals surface area (Å²) in [7, 11) is 0. The summed E-state index contributed by atoms with van der Waals surface area (Å²) in [5.41, 5.74) is 0.418. The predicted octanol–water partition coefficient (Wildman–Crippen LogP) is 3.45. The van der Waals surface area contributed by atoms with Crippen molar-refractivity contribution in [2.75, 3.05) is 0 Å². The Kier molecular flexibility index (Phi) is 4.07. The average Bonchev–Trinajstić information content (AvgIpc) is 2.51. The Bertz CT molecular complexity index is 968. The molecule has 3 rings (SSSR count). The third-order valence-corrected chi connectivity index (χ3v) is 3.81. The van der Waals surface area contributed by atoms with E-state index in [-0.39, 0.29) is 21.3 Å². The largest absolute Gasteiger partial charge is 0.480 e. The number of carboxylic acid groups (broad SMARTS) is 1. The summed E-state index contributed by atoms with van der Waals surface area (Å²) < 4.78 is 1.10. The average molecular weight is 349 g/mol. The molecule has 0 bridgehead atoms. The monoisotopic (exact) mass is 348 g/mol. The van der Waals surface area contributed by atoms with Crippen LogP contribution in [-0.4, -0.2) is 20.6 Å². The first kappa shape index (κ1) is 15.5. The smallest absolute Gasteiger partial charge is 0.323 e. The number of nitrogens with zero attached hydrogens (tertiary/aromatic N) is 2. The molecule has 0 radical (unpaired) electrons. The second-order valence-corrected chi connectivity index (χ2v) is 5.71. The number of fused-ring (bicyclic) bond motifs is 1. The van der Waals surface area contributed by atoms with E-state index in [4.69, 9.17) is 28.3 Å². The van der Waals surface area contributed by atoms with Crippen LogP contribution in [0.25, 0.3) is 22.3 Å². The van der Waals surface area contributed by atoms with E-state index in [0.717, 1.165) is 4.57 Å². The number of aromatic nitrogens is 2. The number of rotatable bonds is 3. The van der Waals surface area contributed by atoms with Gasteiger partial charge in [-0.2, -0.15) is 0 Å². The van der Waals surface area contributed by atoms with E-state index in [1.54, 1.807) is 24.3 Å². The Balaban J connectivity index is 2.42. The Hall–Kier alpha value is -2.37. The maximum absolute atomic E-state index is 12.7. The molecule has 1 aromatic heterocycles. The molecule has 1 heterocycles. The summed E-state index contributed by atoms with van der Waals surface area (Å²) in [5, 5.41) is 9.82. The standard InChI is InChI=1S/C16H10Cl2N2O3/c17-10-6-11-14(12(18)7-10)19-15(9-4-2-1-3-5-9)20(16(11)23)8-13(21)22/h1-7H,8H2,(H,21,22). The van der Waals surface area contributed by atoms with Gasteiger partial charge in [-0.15, -0.1) is 0 Å². The Morgan fingerprint density at radius 2 is 1.87 bits per heavy atom. The Morgan fingerprint density at radius 1 is 1.17 bits per heavy atom. The second-order valence-electron chi connectivity index (χ2n) is 4.87. The highest BCUT2D eigenvalue weighted by Gasteiger charge is 2.17. The molecule has 0 saturated carbocycles. The fourth-order valence-corrected chi connectivity index (χ4v) is 2.88. The van der Waals surface area contributed by atoms with Gasteiger partial charge in [0.15, 0.2) is 0 Å². The first-order valence-electron chi connectivity index (χ1n) is 6.64. The number of carbonyl (C=O) groups is 1. The van der Waals surface area contributed by atoms with Gasteiger partial charge in [0, 0.05) is 10.6 Å². The molecule has 0 amide bonds. The zero-order valence-corrected chi connectivity index (χ0v) is 13.2. The fourth-order valence-electron chi connectivity index (χ4n) is 2.34. The third kappa shape index (κ3) is 2.93. The van der Waals surface area contributed by atoms with E-state index in [1.165, 1.54) is 12.1 Å². The van der Waals surface area contributed by atoms with E-state index < -0.39 is 18.1 Å². The summed E-state index contributed by atoms with van der Waals surface area (Å²) in [5.74, 6) is -0.895. The van der Waals surface area contributed by atoms with Crippen LogP contribution in [0.1, 0.15) is 0 Å². The summed E-state index contributed by atoms with van der Waals surface area (Å²) in [6.45, 7) is -0.504. The quantitative estimate of drug-likeness (QED) is 0.786. The molecule has 0 aliphatic heterocycles. The molecule has 0 spiro atoms. The number of hydrogen-bond acceptors (Lipinski definition) is 3. The van der Waals surface area contributed by atoms with Gasteiger partial charge >= 0.3 is 5.97 Å². The lowest BCUT2D eigenvalue weighted by atomic mass is 10.1. The van der Waals surface area contributed by atoms with Gasteiger partial charge in [-0.1, -0.05) is 53.5 Å². The van der Waals surface area contributed by atoms with Crippen LogP contribution in [-0.2, 0) is 11.3 Å². The van der Waals surface area contributed by atoms with Crippen molar-refractivity contribution in [2.24, 2.45) is 0 Å². The van der Waals surface area contributed by atoms with Crippen molar-refractivity contribution in [2.45, 2.75) is 6.54 Å². The van der Waals surface area contributed by atoms with Gasteiger partial charge in [0.1, 0.15) is 12.4 Å². The lowest BCUT2D eigenvalue weighted by Crippen LogP contribution is -2.27. The lowest BCUT2D eigenvalue weighted by Gasteiger charge is -2.12. The number of aliphatic carboxylic acids is 1. The Morgan fingerprint density at radius 3 is 2.52 bits per heavy atom. The van der Waals surface area contributed by atoms with Gasteiger partial charge in [-0.25, -0.2) is 4.98 Å². The molecule has 0 unspecified atom stereocenters. The van der Waals surface area contributed by atoms with Crippen molar-refractivity contribution in [1.29, 1.82) is 0 Å². The molecule has 0 saturated heterocycles. The van der Waals surface area contributed by atoms with E-state index >= 15 is 0 Å². The van der Waals surface area contributed by atoms with Gasteiger partial charge in [0.05, 0.1) is 15.9 Å². The number of benzene rings is 2. The summed E-state index contributed by atoms with van der Waals surface area (Å²) in [6, 6.07) is 11.8. The molecule has 2 aromatic carbocycles. The molecule has 7 heteroatoms. The molecule has 1 N–H and O–H groups in total. The number of halogens is 2. The maximum atomic E-state index is 12.7. The summed E-state index contributed by atoms with van der Waals surface area (Å²) in [4.78, 5) is 28.2. The van der Waals surface area contributed by atoms with Crippen LogP contribution < -0.4 is 5.56 Å². The van der Waals surface area contributed by atoms with Crippen molar-refractivity contribution in [3.63, 3.8) is 0 Å². The molecule has 0 aliphatic rings. The van der Waals surface area contributed by atoms with E-state index in [0.29, 0.717) is 11.1 Å². The van der Waals surface area contributed by atoms with Gasteiger partial charge in [-0.05, 0) is 12.1 Å². The third-order valence-electron chi connectivity index (χ3n) is 3.30. The Labute approximate surface area is 140 Å². The van der Waals surface area contributed by atoms with Gasteiger partial charge in [-0.3, -0.25) is 14.2 Å². The highest BCUT2D eigenvalue weighted by molar-refractivity contribution is 6.38. The lowest BCUT2D eigenvalue weighted by molar-refractivity contribution is -0.137. The number of carboxylic acids is 1. The van der Waals surface area contributed by atoms with E-state index in [9.17, 15) is 9.59 Å². The highest BCUT2D eigenvalue weighted by atomic mass is 35.5. The minimum Gasteiger partial charge on any atom is -0.480 e. The minimum atomic E-state index is -1.14. The molecule has 0 fully saturated rings. The zero-order valence-electron chi connectivity index (χ0n) is 11.7. The minimum absolute atomic E-state index is 0.184. The number of hydrogen-bond donors (Lipinski definition) is 1. The van der Waals surface area contributed by atoms with Gasteiger partial charge in [0.25, 0.3) is 5.56 Å². The molecular weight excluding hydrogens is 339 g/mol. The predicted molar refractivity (Wildman–Crippen MR) is 89.1 cm³/mol. The first-order chi connectivity index (χ1) is 11.0. The molecular formula is C16H10Cl2N2O3. The van der Waals surface area contributed by atoms with Gasteiger partial charge in [0.2, 0.25) is 0 Å². The maximum Gasteiger partial charge on any atom is 0.323 e. The first-order valence-corrected chi connectivity index (χ1v) is 7.40. The van der Waals surface area contributed by atoms with E-state index in [2.05, 4.69) is 4.98 Å². The molecule has 0 aliphatic carbocycles. The summed E-state index contributed by atoms with van der Waals surface area (Å²) in [6.07, 6.45) is 0. The SMILES string of the molecule is O=C(O)Cn1c(-c2ccccc2)nc2c(Cl)cc(Cl)cc2c1=O. The summed E-state index contributed by atoms with van der Waals surface area (Å²) >= 11 is 12.1. The van der Waals surface area contributed by atoms with Crippen LogP contribution in [0.2, 0.25) is 10.0 Å². The second kappa shape index (κ2) is 6.02. The van der Waals surface area contributed by atoms with Gasteiger partial charge < -0.3 is 5.11 Å². The van der Waals surface area contributed by atoms with Crippen molar-refractivity contribution in [3.8, 4) is 11.4 Å². The zero-order chi connectivity index (χ0) is 16.6. The van der Waals surface area contributed by atoms with Crippen molar-refractivity contribution in [1.82, 2.24) is 9.55 Å². The van der Waals surface area contributed by atoms with Crippen LogP contribution in [0.15, 0.2) is 47.3 Å². The topological polar surface area (TPSA) is 72.2 Å². The molecule has 3 aromatic rings. The van der Waals surface area contributed by atoms with Crippen LogP contribution in [0.5, 0.6) is 0 Å². The highest BCUT2D eigenvalue weighted by Crippen LogP contribution is 2.27. The molecule has 5 nitrogen and oxygen atoms in total. The fraction of sp³-hybridized carbons (Fsp3) is 0.0625. The van der Waals surface area contributed by atoms with Crippen LogP contribution in [0.4, 0.5) is 0 Å². The molecule has 116 valence electrons. The van der Waals surface area contributed by atoms with Crippen LogP contribution >= 0.6 is 23.2 Å². The van der Waals surface area contributed by atoms with Crippen molar-refractivity contribution in [3.05, 3.63) is 62.9 Å².